The van der Waals surface area contributed by atoms with Crippen LogP contribution >= 0.6 is 0 Å². The summed E-state index contributed by atoms with van der Waals surface area (Å²) in [6, 6.07) is 5.07. The van der Waals surface area contributed by atoms with Gasteiger partial charge in [-0.05, 0) is 6.07 Å². The first-order chi connectivity index (χ1) is 6.75. The Hall–Kier alpha value is -1.79. The summed E-state index contributed by atoms with van der Waals surface area (Å²) in [7, 11) is 1.72. The molecule has 1 heterocycles. The zero-order chi connectivity index (χ0) is 12.1. The number of carboxylic acids is 1. The average Bonchev–Trinajstić information content (AvgIpc) is 2.09. The number of halogens is 3. The Labute approximate surface area is 82.6 Å². The van der Waals surface area contributed by atoms with Crippen LogP contribution in [0.4, 0.5) is 13.2 Å². The van der Waals surface area contributed by atoms with Gasteiger partial charge in [0.15, 0.2) is 0 Å². The largest absolute Gasteiger partial charge is 0.490 e. The van der Waals surface area contributed by atoms with Crippen molar-refractivity contribution in [3.8, 4) is 0 Å². The minimum Gasteiger partial charge on any atom is -0.475 e. The number of aryl methyl sites for hydroxylation is 1. The van der Waals surface area contributed by atoms with Crippen molar-refractivity contribution < 1.29 is 23.1 Å². The molecular weight excluding hydrogens is 215 g/mol. The van der Waals surface area contributed by atoms with Gasteiger partial charge in [-0.3, -0.25) is 4.79 Å². The van der Waals surface area contributed by atoms with Gasteiger partial charge in [-0.25, -0.2) is 4.79 Å². The van der Waals surface area contributed by atoms with E-state index >= 15 is 0 Å². The lowest BCUT2D eigenvalue weighted by Crippen LogP contribution is -2.21. The molecule has 1 aromatic heterocycles. The number of rotatable bonds is 0. The molecule has 0 unspecified atom stereocenters. The van der Waals surface area contributed by atoms with Gasteiger partial charge >= 0.3 is 12.1 Å². The summed E-state index contributed by atoms with van der Waals surface area (Å²) in [6.45, 7) is 0. The lowest BCUT2D eigenvalue weighted by molar-refractivity contribution is -0.192. The number of hydrogen-bond donors (Lipinski definition) is 1. The number of hydrogen-bond acceptors (Lipinski definition) is 2. The molecule has 0 fully saturated rings. The van der Waals surface area contributed by atoms with E-state index in [0.717, 1.165) is 0 Å². The molecule has 0 aromatic carbocycles. The van der Waals surface area contributed by atoms with E-state index in [2.05, 4.69) is 0 Å². The van der Waals surface area contributed by atoms with Crippen LogP contribution in [0.2, 0.25) is 0 Å². The van der Waals surface area contributed by atoms with Crippen LogP contribution in [0.25, 0.3) is 0 Å². The van der Waals surface area contributed by atoms with Gasteiger partial charge in [-0.15, -0.1) is 0 Å². The van der Waals surface area contributed by atoms with Crippen molar-refractivity contribution in [2.24, 2.45) is 7.05 Å². The van der Waals surface area contributed by atoms with Crippen LogP contribution in [-0.4, -0.2) is 21.8 Å². The van der Waals surface area contributed by atoms with Crippen molar-refractivity contribution in [2.45, 2.75) is 6.18 Å². The highest BCUT2D eigenvalue weighted by Crippen LogP contribution is 2.13. The van der Waals surface area contributed by atoms with Gasteiger partial charge in [-0.1, -0.05) is 6.07 Å². The molecular formula is C8H8F3NO3. The summed E-state index contributed by atoms with van der Waals surface area (Å²) >= 11 is 0. The lowest BCUT2D eigenvalue weighted by atomic mass is 10.5. The second kappa shape index (κ2) is 5.18. The molecule has 1 aromatic rings. The number of carboxylic acid groups (broad SMARTS) is 1. The van der Waals surface area contributed by atoms with E-state index in [9.17, 15) is 18.0 Å². The van der Waals surface area contributed by atoms with Crippen molar-refractivity contribution in [2.75, 3.05) is 0 Å². The van der Waals surface area contributed by atoms with Crippen LogP contribution in [-0.2, 0) is 11.8 Å². The van der Waals surface area contributed by atoms with Gasteiger partial charge in [0.05, 0.1) is 0 Å². The molecule has 0 radical (unpaired) electrons. The normalized spacial score (nSPS) is 10.1. The molecule has 0 aliphatic carbocycles. The number of aliphatic carboxylic acids is 1. The van der Waals surface area contributed by atoms with Gasteiger partial charge in [0.1, 0.15) is 0 Å². The van der Waals surface area contributed by atoms with E-state index in [1.165, 1.54) is 10.6 Å². The fourth-order valence-electron chi connectivity index (χ4n) is 0.508. The summed E-state index contributed by atoms with van der Waals surface area (Å²) in [5, 5.41) is 7.12. The predicted molar refractivity (Wildman–Crippen MR) is 45.4 cm³/mol. The zero-order valence-corrected chi connectivity index (χ0v) is 7.65. The molecule has 15 heavy (non-hydrogen) atoms. The molecule has 84 valence electrons. The fraction of sp³-hybridized carbons (Fsp3) is 0.250. The van der Waals surface area contributed by atoms with Gasteiger partial charge in [-0.2, -0.15) is 13.2 Å². The van der Waals surface area contributed by atoms with Crippen molar-refractivity contribution in [3.05, 3.63) is 34.7 Å². The van der Waals surface area contributed by atoms with Crippen LogP contribution in [0.1, 0.15) is 0 Å². The van der Waals surface area contributed by atoms with E-state index < -0.39 is 12.1 Å². The van der Waals surface area contributed by atoms with E-state index in [0.29, 0.717) is 0 Å². The van der Waals surface area contributed by atoms with Crippen LogP contribution < -0.4 is 5.56 Å². The summed E-state index contributed by atoms with van der Waals surface area (Å²) in [6.07, 6.45) is -3.36. The predicted octanol–water partition coefficient (Wildman–Crippen LogP) is 1.02. The number of aromatic nitrogens is 1. The van der Waals surface area contributed by atoms with Crippen LogP contribution in [0.3, 0.4) is 0 Å². The van der Waals surface area contributed by atoms with Crippen molar-refractivity contribution in [3.63, 3.8) is 0 Å². The van der Waals surface area contributed by atoms with Crippen LogP contribution in [0.15, 0.2) is 29.2 Å². The van der Waals surface area contributed by atoms with Gasteiger partial charge in [0.25, 0.3) is 0 Å². The average molecular weight is 223 g/mol. The number of alkyl halides is 3. The van der Waals surface area contributed by atoms with E-state index in [4.69, 9.17) is 9.90 Å². The number of pyridine rings is 1. The number of nitrogens with zero attached hydrogens (tertiary/aromatic N) is 1. The zero-order valence-electron chi connectivity index (χ0n) is 7.65. The van der Waals surface area contributed by atoms with Crippen LogP contribution in [0.5, 0.6) is 0 Å². The highest BCUT2D eigenvalue weighted by molar-refractivity contribution is 5.73. The second-order valence-electron chi connectivity index (χ2n) is 2.45. The Morgan fingerprint density at radius 3 is 2.07 bits per heavy atom. The molecule has 0 aliphatic heterocycles. The van der Waals surface area contributed by atoms with Gasteiger partial charge < -0.3 is 9.67 Å². The maximum atomic E-state index is 10.6. The maximum Gasteiger partial charge on any atom is 0.490 e. The third kappa shape index (κ3) is 5.50. The Kier molecular flexibility index (Phi) is 4.56. The fourth-order valence-corrected chi connectivity index (χ4v) is 0.508. The Bertz CT molecular complexity index is 383. The highest BCUT2D eigenvalue weighted by Gasteiger charge is 2.38. The molecule has 0 aliphatic rings. The topological polar surface area (TPSA) is 59.3 Å². The third-order valence-corrected chi connectivity index (χ3v) is 1.25. The molecule has 0 saturated carbocycles. The first kappa shape index (κ1) is 13.2. The first-order valence-electron chi connectivity index (χ1n) is 3.67. The molecule has 0 saturated heterocycles. The SMILES string of the molecule is Cn1ccccc1=O.O=C(O)C(F)(F)F. The summed E-state index contributed by atoms with van der Waals surface area (Å²) in [5.41, 5.74) is 0.0347. The summed E-state index contributed by atoms with van der Waals surface area (Å²) < 4.78 is 33.3. The van der Waals surface area contributed by atoms with Gasteiger partial charge in [0.2, 0.25) is 5.56 Å². The maximum absolute atomic E-state index is 10.6. The lowest BCUT2D eigenvalue weighted by Gasteiger charge is -1.93. The molecule has 0 amide bonds. The van der Waals surface area contributed by atoms with E-state index in [1.54, 1.807) is 19.3 Å². The molecule has 0 spiro atoms. The van der Waals surface area contributed by atoms with Gasteiger partial charge in [0, 0.05) is 19.3 Å². The summed E-state index contributed by atoms with van der Waals surface area (Å²) in [4.78, 5) is 19.5. The molecule has 7 heteroatoms. The molecule has 1 rings (SSSR count). The highest BCUT2D eigenvalue weighted by atomic mass is 19.4. The van der Waals surface area contributed by atoms with Crippen LogP contribution in [0, 0.1) is 0 Å². The first-order valence-corrected chi connectivity index (χ1v) is 3.67. The van der Waals surface area contributed by atoms with Crippen molar-refractivity contribution in [1.82, 2.24) is 4.57 Å². The van der Waals surface area contributed by atoms with Crippen molar-refractivity contribution in [1.29, 1.82) is 0 Å². The molecule has 0 bridgehead atoms. The quantitative estimate of drug-likeness (QED) is 0.714. The second-order valence-corrected chi connectivity index (χ2v) is 2.45. The van der Waals surface area contributed by atoms with E-state index in [1.807, 2.05) is 6.07 Å². The third-order valence-electron chi connectivity index (χ3n) is 1.25. The van der Waals surface area contributed by atoms with Crippen molar-refractivity contribution >= 4 is 5.97 Å². The minimum atomic E-state index is -5.08. The Morgan fingerprint density at radius 2 is 1.87 bits per heavy atom. The summed E-state index contributed by atoms with van der Waals surface area (Å²) in [5.74, 6) is -2.76. The monoisotopic (exact) mass is 223 g/mol. The standard InChI is InChI=1S/C6H7NO.C2HF3O2/c1-7-5-3-2-4-6(7)8;3-2(4,5)1(6)7/h2-5H,1H3;(H,6,7). The molecule has 1 N–H and O–H groups in total. The Balaban J connectivity index is 0.000000265. The smallest absolute Gasteiger partial charge is 0.475 e. The molecule has 0 atom stereocenters. The molecule has 4 nitrogen and oxygen atoms in total. The van der Waals surface area contributed by atoms with E-state index in [-0.39, 0.29) is 5.56 Å². The number of carbonyl (C=O) groups is 1. The minimum absolute atomic E-state index is 0.0347. The Morgan fingerprint density at radius 1 is 1.40 bits per heavy atom.